The highest BCUT2D eigenvalue weighted by molar-refractivity contribution is 5.63. The van der Waals surface area contributed by atoms with Crippen LogP contribution in [0.15, 0.2) is 35.5 Å². The monoisotopic (exact) mass is 295 g/mol. The van der Waals surface area contributed by atoms with Crippen molar-refractivity contribution in [1.29, 1.82) is 0 Å². The van der Waals surface area contributed by atoms with Crippen LogP contribution in [0.3, 0.4) is 0 Å². The van der Waals surface area contributed by atoms with Crippen molar-refractivity contribution in [3.8, 4) is 0 Å². The van der Waals surface area contributed by atoms with E-state index in [4.69, 9.17) is 19.4 Å². The fourth-order valence-electron chi connectivity index (χ4n) is 2.61. The Morgan fingerprint density at radius 3 is 2.57 bits per heavy atom. The molecule has 3 rings (SSSR count). The molecular weight excluding hydrogens is 278 g/mol. The van der Waals surface area contributed by atoms with Crippen molar-refractivity contribution in [2.45, 2.75) is 36.8 Å². The highest BCUT2D eigenvalue weighted by atomic mass is 16.7. The van der Waals surface area contributed by atoms with Crippen LogP contribution in [0.4, 0.5) is 0 Å². The van der Waals surface area contributed by atoms with Gasteiger partial charge in [-0.25, -0.2) is 0 Å². The van der Waals surface area contributed by atoms with E-state index in [0.29, 0.717) is 0 Å². The number of hydrogen-bond donors (Lipinski definition) is 3. The largest absolute Gasteiger partial charge is 0.411 e. The minimum absolute atomic E-state index is 0.212. The molecule has 0 bridgehead atoms. The molecule has 0 radical (unpaired) electrons. The smallest absolute Gasteiger partial charge is 0.184 e. The van der Waals surface area contributed by atoms with E-state index in [1.165, 1.54) is 0 Å². The van der Waals surface area contributed by atoms with Crippen molar-refractivity contribution in [1.82, 2.24) is 0 Å². The first kappa shape index (κ1) is 14.4. The Labute approximate surface area is 121 Å². The molecule has 1 aromatic rings. The van der Waals surface area contributed by atoms with E-state index in [9.17, 15) is 10.2 Å². The van der Waals surface area contributed by atoms with Gasteiger partial charge in [-0.3, -0.25) is 0 Å². The molecule has 2 aliphatic heterocycles. The molecule has 2 aliphatic rings. The van der Waals surface area contributed by atoms with Crippen LogP contribution in [-0.2, 0) is 14.2 Å². The van der Waals surface area contributed by atoms with Crippen LogP contribution in [0.1, 0.15) is 11.9 Å². The number of nitrogens with zero attached hydrogens (tertiary/aromatic N) is 1. The predicted molar refractivity (Wildman–Crippen MR) is 71.0 cm³/mol. The quantitative estimate of drug-likeness (QED) is 0.405. The number of oxime groups is 1. The van der Waals surface area contributed by atoms with Gasteiger partial charge >= 0.3 is 0 Å². The first-order valence-electron chi connectivity index (χ1n) is 6.72. The van der Waals surface area contributed by atoms with Gasteiger partial charge in [0.25, 0.3) is 0 Å². The van der Waals surface area contributed by atoms with Gasteiger partial charge in [0.2, 0.25) is 0 Å². The summed E-state index contributed by atoms with van der Waals surface area (Å²) in [5, 5.41) is 31.5. The van der Waals surface area contributed by atoms with Crippen LogP contribution in [0, 0.1) is 0 Å². The summed E-state index contributed by atoms with van der Waals surface area (Å²) < 4.78 is 16.8. The molecule has 7 heteroatoms. The highest BCUT2D eigenvalue weighted by Gasteiger charge is 2.48. The van der Waals surface area contributed by atoms with Gasteiger partial charge < -0.3 is 29.6 Å². The highest BCUT2D eigenvalue weighted by Crippen LogP contribution is 2.33. The van der Waals surface area contributed by atoms with E-state index in [1.807, 2.05) is 30.3 Å². The fraction of sp³-hybridized carbons (Fsp3) is 0.500. The lowest BCUT2D eigenvalue weighted by atomic mass is 9.94. The molecule has 0 spiro atoms. The Hall–Kier alpha value is -1.51. The van der Waals surface area contributed by atoms with Crippen molar-refractivity contribution in [2.75, 3.05) is 6.61 Å². The van der Waals surface area contributed by atoms with Gasteiger partial charge in [-0.15, -0.1) is 0 Å². The third-order valence-corrected chi connectivity index (χ3v) is 3.70. The lowest BCUT2D eigenvalue weighted by Gasteiger charge is -2.45. The first-order chi connectivity index (χ1) is 10.2. The van der Waals surface area contributed by atoms with Gasteiger partial charge in [-0.05, 0) is 0 Å². The van der Waals surface area contributed by atoms with E-state index >= 15 is 0 Å². The van der Waals surface area contributed by atoms with Gasteiger partial charge in [0.1, 0.15) is 30.5 Å². The Kier molecular flexibility index (Phi) is 4.18. The van der Waals surface area contributed by atoms with Gasteiger partial charge in [-0.1, -0.05) is 35.5 Å². The van der Waals surface area contributed by atoms with Crippen molar-refractivity contribution in [2.24, 2.45) is 5.16 Å². The summed E-state index contributed by atoms with van der Waals surface area (Å²) in [5.74, 6) is 0. The van der Waals surface area contributed by atoms with Crippen LogP contribution in [0.5, 0.6) is 0 Å². The molecule has 2 saturated heterocycles. The number of aliphatic hydroxyl groups is 2. The molecule has 6 atom stereocenters. The predicted octanol–water partition coefficient (Wildman–Crippen LogP) is 0.0498. The van der Waals surface area contributed by atoms with Gasteiger partial charge in [0.15, 0.2) is 6.29 Å². The molecular formula is C14H17NO6. The summed E-state index contributed by atoms with van der Waals surface area (Å²) in [6, 6.07) is 9.34. The summed E-state index contributed by atoms with van der Waals surface area (Å²) in [5.41, 5.74) is 0.830. The summed E-state index contributed by atoms with van der Waals surface area (Å²) in [4.78, 5) is 0. The lowest BCUT2D eigenvalue weighted by molar-refractivity contribution is -0.320. The topological polar surface area (TPSA) is 101 Å². The minimum atomic E-state index is -1.23. The minimum Gasteiger partial charge on any atom is -0.411 e. The summed E-state index contributed by atoms with van der Waals surface area (Å²) >= 11 is 0. The molecule has 0 amide bonds. The third-order valence-electron chi connectivity index (χ3n) is 3.70. The summed E-state index contributed by atoms with van der Waals surface area (Å²) in [6.07, 6.45) is -4.09. The van der Waals surface area contributed by atoms with Crippen LogP contribution >= 0.6 is 0 Å². The molecule has 1 aromatic carbocycles. The number of ether oxygens (including phenoxy) is 3. The second-order valence-corrected chi connectivity index (χ2v) is 5.06. The number of hydrogen-bond acceptors (Lipinski definition) is 7. The van der Waals surface area contributed by atoms with Gasteiger partial charge in [0.05, 0.1) is 12.8 Å². The molecule has 0 aliphatic carbocycles. The second kappa shape index (κ2) is 6.08. The lowest BCUT2D eigenvalue weighted by Crippen LogP contribution is -2.62. The zero-order chi connectivity index (χ0) is 14.8. The fourth-order valence-corrected chi connectivity index (χ4v) is 2.61. The normalized spacial score (nSPS) is 40.1. The van der Waals surface area contributed by atoms with E-state index in [2.05, 4.69) is 5.16 Å². The van der Waals surface area contributed by atoms with Crippen molar-refractivity contribution in [3.63, 3.8) is 0 Å². The molecule has 2 fully saturated rings. The first-order valence-corrected chi connectivity index (χ1v) is 6.72. The molecule has 2 heterocycles. The standard InChI is InChI=1S/C14H17NO6/c16-11-9(6-15-18)20-10-7-19-14(21-13(10)12(11)17)8-4-2-1-3-5-8/h1-6,9-14,16-18H,7H2/b15-6+/t9-,10+,11-,12+,13+,14?/m0/s1. The Morgan fingerprint density at radius 2 is 1.86 bits per heavy atom. The number of benzene rings is 1. The van der Waals surface area contributed by atoms with E-state index in [-0.39, 0.29) is 6.61 Å². The van der Waals surface area contributed by atoms with Gasteiger partial charge in [-0.2, -0.15) is 0 Å². The summed E-state index contributed by atoms with van der Waals surface area (Å²) in [7, 11) is 0. The van der Waals surface area contributed by atoms with Crippen LogP contribution in [-0.4, -0.2) is 58.8 Å². The van der Waals surface area contributed by atoms with Crippen molar-refractivity contribution >= 4 is 6.21 Å². The molecule has 1 unspecified atom stereocenters. The Bertz CT molecular complexity index is 493. The molecule has 3 N–H and O–H groups in total. The van der Waals surface area contributed by atoms with Gasteiger partial charge in [0, 0.05) is 5.56 Å². The van der Waals surface area contributed by atoms with E-state index in [0.717, 1.165) is 11.8 Å². The Balaban J connectivity index is 1.74. The zero-order valence-electron chi connectivity index (χ0n) is 11.1. The van der Waals surface area contributed by atoms with Crippen LogP contribution in [0.25, 0.3) is 0 Å². The maximum atomic E-state index is 10.2. The number of fused-ring (bicyclic) bond motifs is 1. The maximum Gasteiger partial charge on any atom is 0.184 e. The molecule has 0 saturated carbocycles. The van der Waals surface area contributed by atoms with Crippen molar-refractivity contribution < 1.29 is 29.6 Å². The van der Waals surface area contributed by atoms with Crippen LogP contribution < -0.4 is 0 Å². The average Bonchev–Trinajstić information content (AvgIpc) is 2.53. The molecule has 114 valence electrons. The zero-order valence-corrected chi connectivity index (χ0v) is 11.1. The number of rotatable bonds is 2. The SMILES string of the molecule is O/N=C/[C@@H]1O[C@@H]2COC(c3ccccc3)O[C@H]2[C@H](O)[C@H]1O. The van der Waals surface area contributed by atoms with E-state index in [1.54, 1.807) is 0 Å². The Morgan fingerprint density at radius 1 is 1.10 bits per heavy atom. The third kappa shape index (κ3) is 2.78. The van der Waals surface area contributed by atoms with Crippen LogP contribution in [0.2, 0.25) is 0 Å². The number of aliphatic hydroxyl groups excluding tert-OH is 2. The summed E-state index contributed by atoms with van der Waals surface area (Å²) in [6.45, 7) is 0.212. The van der Waals surface area contributed by atoms with E-state index < -0.39 is 36.8 Å². The average molecular weight is 295 g/mol. The maximum absolute atomic E-state index is 10.2. The second-order valence-electron chi connectivity index (χ2n) is 5.06. The molecule has 21 heavy (non-hydrogen) atoms. The molecule has 7 nitrogen and oxygen atoms in total. The van der Waals surface area contributed by atoms with Crippen molar-refractivity contribution in [3.05, 3.63) is 35.9 Å². The molecule has 0 aromatic heterocycles.